The summed E-state index contributed by atoms with van der Waals surface area (Å²) < 4.78 is 1.20. The summed E-state index contributed by atoms with van der Waals surface area (Å²) >= 11 is 1.58. The minimum Gasteiger partial charge on any atom is -0.375 e. The van der Waals surface area contributed by atoms with Gasteiger partial charge in [0.05, 0.1) is 10.2 Å². The highest BCUT2D eigenvalue weighted by Crippen LogP contribution is 2.30. The molecule has 0 radical (unpaired) electrons. The van der Waals surface area contributed by atoms with Crippen molar-refractivity contribution in [2.24, 2.45) is 5.92 Å². The number of rotatable bonds is 2. The Morgan fingerprint density at radius 2 is 2.32 bits per heavy atom. The fourth-order valence-electron chi connectivity index (χ4n) is 3.01. The fraction of sp³-hybridized carbons (Fsp3) is 0.533. The molecule has 2 N–H and O–H groups in total. The van der Waals surface area contributed by atoms with Crippen LogP contribution in [-0.2, 0) is 0 Å². The number of nitrogens with two attached hydrogens (primary N) is 1. The first-order valence-electron chi connectivity index (χ1n) is 7.03. The number of fused-ring (bicyclic) bond motifs is 1. The zero-order valence-corrected chi connectivity index (χ0v) is 12.4. The van der Waals surface area contributed by atoms with Crippen molar-refractivity contribution in [1.29, 1.82) is 0 Å². The van der Waals surface area contributed by atoms with Gasteiger partial charge in [-0.25, -0.2) is 4.98 Å². The van der Waals surface area contributed by atoms with Gasteiger partial charge in [0.25, 0.3) is 0 Å². The number of nitrogen functional groups attached to an aromatic ring is 1. The molecule has 0 bridgehead atoms. The maximum absolute atomic E-state index is 5.77. The summed E-state index contributed by atoms with van der Waals surface area (Å²) in [4.78, 5) is 6.92. The molecule has 3 rings (SSSR count). The van der Waals surface area contributed by atoms with Gasteiger partial charge in [-0.15, -0.1) is 0 Å². The third kappa shape index (κ3) is 2.60. The van der Waals surface area contributed by atoms with Crippen LogP contribution in [0.15, 0.2) is 18.2 Å². The highest BCUT2D eigenvalue weighted by Gasteiger charge is 2.22. The van der Waals surface area contributed by atoms with Crippen molar-refractivity contribution in [1.82, 2.24) is 9.88 Å². The topological polar surface area (TPSA) is 42.2 Å². The Morgan fingerprint density at radius 1 is 1.47 bits per heavy atom. The highest BCUT2D eigenvalue weighted by atomic mass is 32.1. The minimum atomic E-state index is 0.482. The first-order valence-corrected chi connectivity index (χ1v) is 7.85. The lowest BCUT2D eigenvalue weighted by Crippen LogP contribution is -2.36. The predicted octanol–water partition coefficient (Wildman–Crippen LogP) is 3.67. The molecule has 1 aliphatic heterocycles. The van der Waals surface area contributed by atoms with Crippen molar-refractivity contribution >= 4 is 26.7 Å². The van der Waals surface area contributed by atoms with Crippen molar-refractivity contribution in [2.45, 2.75) is 32.7 Å². The van der Waals surface area contributed by atoms with E-state index in [0.717, 1.165) is 11.4 Å². The Kier molecular flexibility index (Phi) is 3.46. The van der Waals surface area contributed by atoms with Crippen molar-refractivity contribution in [3.8, 4) is 0 Å². The summed E-state index contributed by atoms with van der Waals surface area (Å²) in [5.74, 6) is 0.819. The Balaban J connectivity index is 1.85. The number of thiazole rings is 1. The molecule has 102 valence electrons. The van der Waals surface area contributed by atoms with E-state index in [2.05, 4.69) is 41.9 Å². The van der Waals surface area contributed by atoms with Crippen LogP contribution in [0.3, 0.4) is 0 Å². The summed E-state index contributed by atoms with van der Waals surface area (Å²) in [5, 5.41) is 0.659. The Bertz CT molecular complexity index is 578. The number of anilines is 1. The van der Waals surface area contributed by atoms with Gasteiger partial charge in [0.2, 0.25) is 0 Å². The second-order valence-electron chi connectivity index (χ2n) is 5.70. The lowest BCUT2D eigenvalue weighted by atomic mass is 9.97. The molecule has 0 amide bonds. The van der Waals surface area contributed by atoms with Gasteiger partial charge in [-0.05, 0) is 49.9 Å². The Hall–Kier alpha value is -1.13. The normalized spacial score (nSPS) is 22.7. The second-order valence-corrected chi connectivity index (χ2v) is 6.76. The summed E-state index contributed by atoms with van der Waals surface area (Å²) in [6.07, 6.45) is 2.69. The maximum Gasteiger partial charge on any atom is 0.181 e. The monoisotopic (exact) mass is 275 g/mol. The van der Waals surface area contributed by atoms with E-state index in [1.54, 1.807) is 11.3 Å². The lowest BCUT2D eigenvalue weighted by Gasteiger charge is -2.35. The number of piperidine rings is 1. The molecule has 19 heavy (non-hydrogen) atoms. The average Bonchev–Trinajstić information content (AvgIpc) is 2.76. The highest BCUT2D eigenvalue weighted by molar-refractivity contribution is 7.22. The molecule has 2 unspecified atom stereocenters. The van der Waals surface area contributed by atoms with Crippen LogP contribution < -0.4 is 5.73 Å². The molecule has 1 aromatic carbocycles. The van der Waals surface area contributed by atoms with Crippen LogP contribution in [-0.4, -0.2) is 23.0 Å². The van der Waals surface area contributed by atoms with Crippen LogP contribution >= 0.6 is 11.3 Å². The second kappa shape index (κ2) is 5.10. The van der Waals surface area contributed by atoms with Crippen molar-refractivity contribution in [2.75, 3.05) is 18.8 Å². The molecule has 0 aliphatic carbocycles. The first kappa shape index (κ1) is 12.9. The van der Waals surface area contributed by atoms with Gasteiger partial charge < -0.3 is 5.73 Å². The van der Waals surface area contributed by atoms with E-state index >= 15 is 0 Å². The summed E-state index contributed by atoms with van der Waals surface area (Å²) in [7, 11) is 0. The van der Waals surface area contributed by atoms with E-state index in [0.29, 0.717) is 11.2 Å². The zero-order valence-electron chi connectivity index (χ0n) is 11.6. The molecule has 1 aromatic heterocycles. The Labute approximate surface area is 118 Å². The van der Waals surface area contributed by atoms with E-state index in [-0.39, 0.29) is 0 Å². The van der Waals surface area contributed by atoms with Crippen molar-refractivity contribution in [3.05, 3.63) is 23.8 Å². The van der Waals surface area contributed by atoms with Crippen LogP contribution in [0.1, 0.15) is 38.3 Å². The smallest absolute Gasteiger partial charge is 0.181 e. The third-order valence-corrected chi connectivity index (χ3v) is 4.99. The van der Waals surface area contributed by atoms with Gasteiger partial charge in [-0.1, -0.05) is 24.3 Å². The van der Waals surface area contributed by atoms with Gasteiger partial charge in [-0.2, -0.15) is 0 Å². The first-order chi connectivity index (χ1) is 9.13. The third-order valence-electron chi connectivity index (χ3n) is 4.15. The molecule has 1 fully saturated rings. The molecule has 2 heterocycles. The van der Waals surface area contributed by atoms with Gasteiger partial charge in [0, 0.05) is 12.6 Å². The van der Waals surface area contributed by atoms with Crippen LogP contribution in [0.25, 0.3) is 10.2 Å². The number of hydrogen-bond acceptors (Lipinski definition) is 4. The van der Waals surface area contributed by atoms with E-state index in [4.69, 9.17) is 5.73 Å². The molecule has 3 nitrogen and oxygen atoms in total. The molecular weight excluding hydrogens is 254 g/mol. The molecule has 2 atom stereocenters. The van der Waals surface area contributed by atoms with Gasteiger partial charge in [0.15, 0.2) is 5.13 Å². The van der Waals surface area contributed by atoms with Gasteiger partial charge in [-0.3, -0.25) is 4.90 Å². The van der Waals surface area contributed by atoms with E-state index < -0.39 is 0 Å². The van der Waals surface area contributed by atoms with E-state index in [1.165, 1.54) is 36.2 Å². The predicted molar refractivity (Wildman–Crippen MR) is 82.4 cm³/mol. The maximum atomic E-state index is 5.77. The Morgan fingerprint density at radius 3 is 3.11 bits per heavy atom. The number of aromatic nitrogens is 1. The standard InChI is InChI=1S/C15H21N3S/c1-10-4-3-7-18(9-10)11(2)12-5-6-13-14(8-12)19-15(16)17-13/h5-6,8,10-11H,3-4,7,9H2,1-2H3,(H2,16,17). The van der Waals surface area contributed by atoms with Crippen molar-refractivity contribution < 1.29 is 0 Å². The fourth-order valence-corrected chi connectivity index (χ4v) is 3.79. The minimum absolute atomic E-state index is 0.482. The van der Waals surface area contributed by atoms with Gasteiger partial charge in [0.1, 0.15) is 0 Å². The quantitative estimate of drug-likeness (QED) is 0.909. The molecule has 1 aliphatic rings. The number of likely N-dealkylation sites (tertiary alicyclic amines) is 1. The molecule has 0 spiro atoms. The number of hydrogen-bond donors (Lipinski definition) is 1. The van der Waals surface area contributed by atoms with Crippen LogP contribution in [0.4, 0.5) is 5.13 Å². The summed E-state index contributed by atoms with van der Waals surface area (Å²) in [5.41, 5.74) is 8.17. The molecule has 4 heteroatoms. The molecule has 1 saturated heterocycles. The van der Waals surface area contributed by atoms with Crippen molar-refractivity contribution in [3.63, 3.8) is 0 Å². The largest absolute Gasteiger partial charge is 0.375 e. The van der Waals surface area contributed by atoms with E-state index in [9.17, 15) is 0 Å². The van der Waals surface area contributed by atoms with Crippen LogP contribution in [0.2, 0.25) is 0 Å². The lowest BCUT2D eigenvalue weighted by molar-refractivity contribution is 0.139. The molecule has 0 saturated carbocycles. The van der Waals surface area contributed by atoms with Crippen LogP contribution in [0.5, 0.6) is 0 Å². The molecule has 2 aromatic rings. The zero-order chi connectivity index (χ0) is 13.4. The summed E-state index contributed by atoms with van der Waals surface area (Å²) in [6.45, 7) is 7.09. The van der Waals surface area contributed by atoms with Gasteiger partial charge >= 0.3 is 0 Å². The average molecular weight is 275 g/mol. The number of benzene rings is 1. The van der Waals surface area contributed by atoms with E-state index in [1.807, 2.05) is 0 Å². The number of nitrogens with zero attached hydrogens (tertiary/aromatic N) is 2. The molecular formula is C15H21N3S. The van der Waals surface area contributed by atoms with Crippen LogP contribution in [0, 0.1) is 5.92 Å². The summed E-state index contributed by atoms with van der Waals surface area (Å²) in [6, 6.07) is 7.04. The SMILES string of the molecule is CC1CCCN(C(C)c2ccc3nc(N)sc3c2)C1.